The molecule has 0 radical (unpaired) electrons. The van der Waals surface area contributed by atoms with Crippen LogP contribution >= 0.6 is 0 Å². The summed E-state index contributed by atoms with van der Waals surface area (Å²) >= 11 is 0. The zero-order valence-corrected chi connectivity index (χ0v) is 9.90. The van der Waals surface area contributed by atoms with Crippen LogP contribution in [0.15, 0.2) is 41.0 Å². The van der Waals surface area contributed by atoms with E-state index in [-0.39, 0.29) is 5.78 Å². The van der Waals surface area contributed by atoms with E-state index in [9.17, 15) is 4.79 Å². The van der Waals surface area contributed by atoms with Crippen LogP contribution in [0.1, 0.15) is 28.6 Å². The number of carbonyl (C=O) groups excluding carboxylic acids is 1. The molecule has 0 fully saturated rings. The zero-order chi connectivity index (χ0) is 12.3. The quantitative estimate of drug-likeness (QED) is 0.758. The molecular formula is C14H14O3. The number of rotatable bonds is 4. The van der Waals surface area contributed by atoms with Gasteiger partial charge in [-0.25, -0.2) is 0 Å². The molecule has 0 N–H and O–H groups in total. The molecule has 2 aromatic rings. The van der Waals surface area contributed by atoms with Crippen LogP contribution in [0, 0.1) is 0 Å². The minimum Gasteiger partial charge on any atom is -0.497 e. The van der Waals surface area contributed by atoms with Gasteiger partial charge >= 0.3 is 0 Å². The molecule has 0 amide bonds. The number of aryl methyl sites for hydroxylation is 1. The molecule has 0 saturated carbocycles. The van der Waals surface area contributed by atoms with E-state index in [2.05, 4.69) is 0 Å². The summed E-state index contributed by atoms with van der Waals surface area (Å²) in [5.41, 5.74) is 1.24. The molecule has 2 rings (SSSR count). The molecule has 0 aliphatic heterocycles. The lowest BCUT2D eigenvalue weighted by atomic mass is 10.0. The van der Waals surface area contributed by atoms with Crippen molar-refractivity contribution in [3.8, 4) is 5.75 Å². The second kappa shape index (κ2) is 4.87. The monoisotopic (exact) mass is 230 g/mol. The van der Waals surface area contributed by atoms with Crippen molar-refractivity contribution < 1.29 is 13.9 Å². The third-order valence-electron chi connectivity index (χ3n) is 2.64. The first-order valence-corrected chi connectivity index (χ1v) is 5.51. The van der Waals surface area contributed by atoms with Gasteiger partial charge in [-0.15, -0.1) is 0 Å². The average molecular weight is 230 g/mol. The van der Waals surface area contributed by atoms with E-state index in [0.717, 1.165) is 5.76 Å². The maximum Gasteiger partial charge on any atom is 0.196 e. The van der Waals surface area contributed by atoms with Gasteiger partial charge in [0, 0.05) is 12.0 Å². The summed E-state index contributed by atoms with van der Waals surface area (Å²) in [5.74, 6) is 1.37. The van der Waals surface area contributed by atoms with Crippen LogP contribution in [0.3, 0.4) is 0 Å². The van der Waals surface area contributed by atoms with Crippen molar-refractivity contribution in [3.63, 3.8) is 0 Å². The van der Waals surface area contributed by atoms with Gasteiger partial charge in [0.15, 0.2) is 5.78 Å². The lowest BCUT2D eigenvalue weighted by Crippen LogP contribution is -2.02. The van der Waals surface area contributed by atoms with Gasteiger partial charge in [-0.05, 0) is 18.2 Å². The smallest absolute Gasteiger partial charge is 0.196 e. The highest BCUT2D eigenvalue weighted by Gasteiger charge is 2.15. The van der Waals surface area contributed by atoms with Crippen LogP contribution in [0.5, 0.6) is 5.75 Å². The second-order valence-corrected chi connectivity index (χ2v) is 3.67. The van der Waals surface area contributed by atoms with Crippen LogP contribution in [0.25, 0.3) is 0 Å². The Morgan fingerprint density at radius 3 is 2.88 bits per heavy atom. The van der Waals surface area contributed by atoms with E-state index in [4.69, 9.17) is 9.15 Å². The fourth-order valence-corrected chi connectivity index (χ4v) is 1.74. The number of hydrogen-bond donors (Lipinski definition) is 0. The fraction of sp³-hybridized carbons (Fsp3) is 0.214. The normalized spacial score (nSPS) is 10.2. The predicted molar refractivity (Wildman–Crippen MR) is 64.5 cm³/mol. The Hall–Kier alpha value is -2.03. The van der Waals surface area contributed by atoms with Gasteiger partial charge in [-0.2, -0.15) is 0 Å². The van der Waals surface area contributed by atoms with Crippen molar-refractivity contribution in [1.29, 1.82) is 0 Å². The van der Waals surface area contributed by atoms with Crippen molar-refractivity contribution >= 4 is 5.78 Å². The largest absolute Gasteiger partial charge is 0.497 e. The number of furan rings is 1. The van der Waals surface area contributed by atoms with Gasteiger partial charge in [0.05, 0.1) is 18.9 Å². The van der Waals surface area contributed by atoms with Gasteiger partial charge < -0.3 is 9.15 Å². The van der Waals surface area contributed by atoms with Crippen LogP contribution < -0.4 is 4.74 Å². The highest BCUT2D eigenvalue weighted by atomic mass is 16.5. The molecule has 88 valence electrons. The topological polar surface area (TPSA) is 39.4 Å². The molecule has 0 bridgehead atoms. The van der Waals surface area contributed by atoms with E-state index in [1.165, 1.54) is 0 Å². The number of benzene rings is 1. The molecule has 3 nitrogen and oxygen atoms in total. The number of methoxy groups -OCH3 is 1. The van der Waals surface area contributed by atoms with Crippen molar-refractivity contribution in [2.75, 3.05) is 7.11 Å². The minimum atomic E-state index is -0.0329. The lowest BCUT2D eigenvalue weighted by molar-refractivity contribution is 0.103. The van der Waals surface area contributed by atoms with E-state index in [0.29, 0.717) is 23.3 Å². The third-order valence-corrected chi connectivity index (χ3v) is 2.64. The van der Waals surface area contributed by atoms with Crippen molar-refractivity contribution in [2.45, 2.75) is 13.3 Å². The van der Waals surface area contributed by atoms with Crippen LogP contribution in [0.4, 0.5) is 0 Å². The van der Waals surface area contributed by atoms with E-state index >= 15 is 0 Å². The predicted octanol–water partition coefficient (Wildman–Crippen LogP) is 3.08. The number of hydrogen-bond acceptors (Lipinski definition) is 3. The Morgan fingerprint density at radius 2 is 2.18 bits per heavy atom. The molecule has 17 heavy (non-hydrogen) atoms. The Kier molecular flexibility index (Phi) is 3.28. The molecule has 0 saturated heterocycles. The number of ketones is 1. The van der Waals surface area contributed by atoms with Gasteiger partial charge in [0.25, 0.3) is 0 Å². The first-order valence-electron chi connectivity index (χ1n) is 5.51. The Morgan fingerprint density at radius 1 is 1.35 bits per heavy atom. The highest BCUT2D eigenvalue weighted by Crippen LogP contribution is 2.19. The summed E-state index contributed by atoms with van der Waals surface area (Å²) in [5, 5.41) is 0. The van der Waals surface area contributed by atoms with Crippen molar-refractivity contribution in [2.24, 2.45) is 0 Å². The molecular weight excluding hydrogens is 216 g/mol. The molecule has 3 heteroatoms. The zero-order valence-electron chi connectivity index (χ0n) is 9.90. The van der Waals surface area contributed by atoms with Gasteiger partial charge in [0.1, 0.15) is 11.5 Å². The average Bonchev–Trinajstić information content (AvgIpc) is 2.86. The van der Waals surface area contributed by atoms with E-state index in [1.54, 1.807) is 37.6 Å². The third kappa shape index (κ3) is 2.23. The Labute approximate surface area is 100 Å². The van der Waals surface area contributed by atoms with Crippen LogP contribution in [-0.2, 0) is 6.42 Å². The minimum absolute atomic E-state index is 0.0329. The lowest BCUT2D eigenvalue weighted by Gasteiger charge is -2.03. The summed E-state index contributed by atoms with van der Waals surface area (Å²) in [6, 6.07) is 8.83. The molecule has 1 aromatic carbocycles. The summed E-state index contributed by atoms with van der Waals surface area (Å²) in [6.45, 7) is 1.96. The first kappa shape index (κ1) is 11.5. The van der Waals surface area contributed by atoms with Gasteiger partial charge in [-0.3, -0.25) is 4.79 Å². The molecule has 1 heterocycles. The first-order chi connectivity index (χ1) is 8.26. The standard InChI is InChI=1S/C14H14O3/c1-3-13-12(7-8-17-13)14(15)10-5-4-6-11(9-10)16-2/h4-9H,3H2,1-2H3. The number of carbonyl (C=O) groups is 1. The van der Waals surface area contributed by atoms with Gasteiger partial charge in [0.2, 0.25) is 0 Å². The highest BCUT2D eigenvalue weighted by molar-refractivity contribution is 6.09. The summed E-state index contributed by atoms with van der Waals surface area (Å²) in [6.07, 6.45) is 2.25. The van der Waals surface area contributed by atoms with Crippen LogP contribution in [-0.4, -0.2) is 12.9 Å². The van der Waals surface area contributed by atoms with Crippen LogP contribution in [0.2, 0.25) is 0 Å². The summed E-state index contributed by atoms with van der Waals surface area (Å²) < 4.78 is 10.4. The Bertz CT molecular complexity index is 526. The molecule has 0 spiro atoms. The molecule has 0 unspecified atom stereocenters. The van der Waals surface area contributed by atoms with Gasteiger partial charge in [-0.1, -0.05) is 19.1 Å². The SMILES string of the molecule is CCc1occc1C(=O)c1cccc(OC)c1. The Balaban J connectivity index is 2.36. The van der Waals surface area contributed by atoms with Crippen molar-refractivity contribution in [3.05, 3.63) is 53.5 Å². The maximum absolute atomic E-state index is 12.2. The molecule has 0 atom stereocenters. The maximum atomic E-state index is 12.2. The molecule has 0 aliphatic rings. The molecule has 1 aromatic heterocycles. The molecule has 0 aliphatic carbocycles. The van der Waals surface area contributed by atoms with E-state index < -0.39 is 0 Å². The summed E-state index contributed by atoms with van der Waals surface area (Å²) in [7, 11) is 1.58. The number of ether oxygens (including phenoxy) is 1. The second-order valence-electron chi connectivity index (χ2n) is 3.67. The fourth-order valence-electron chi connectivity index (χ4n) is 1.74. The van der Waals surface area contributed by atoms with Crippen molar-refractivity contribution in [1.82, 2.24) is 0 Å². The van der Waals surface area contributed by atoms with E-state index in [1.807, 2.05) is 13.0 Å². The summed E-state index contributed by atoms with van der Waals surface area (Å²) in [4.78, 5) is 12.2.